The van der Waals surface area contributed by atoms with Gasteiger partial charge >= 0.3 is 0 Å². The van der Waals surface area contributed by atoms with E-state index in [1.165, 1.54) is 12.8 Å². The highest BCUT2D eigenvalue weighted by molar-refractivity contribution is 6.30. The lowest BCUT2D eigenvalue weighted by molar-refractivity contribution is 0.129. The lowest BCUT2D eigenvalue weighted by Crippen LogP contribution is -2.45. The summed E-state index contributed by atoms with van der Waals surface area (Å²) < 4.78 is 11.1. The summed E-state index contributed by atoms with van der Waals surface area (Å²) in [7, 11) is 3.49. The van der Waals surface area contributed by atoms with Gasteiger partial charge in [-0.25, -0.2) is 0 Å². The third kappa shape index (κ3) is 5.42. The molecule has 1 saturated carbocycles. The number of rotatable bonds is 8. The van der Waals surface area contributed by atoms with Gasteiger partial charge in [0, 0.05) is 44.4 Å². The highest BCUT2D eigenvalue weighted by Gasteiger charge is 2.25. The number of aliphatic imine (C=N–C) groups is 1. The molecule has 0 amide bonds. The van der Waals surface area contributed by atoms with Crippen LogP contribution in [0, 0.1) is 5.92 Å². The van der Waals surface area contributed by atoms with Crippen LogP contribution in [0.2, 0.25) is 5.02 Å². The van der Waals surface area contributed by atoms with Crippen molar-refractivity contribution in [1.29, 1.82) is 0 Å². The molecule has 0 radical (unpaired) electrons. The average Bonchev–Trinajstić information content (AvgIpc) is 3.36. The van der Waals surface area contributed by atoms with Crippen LogP contribution in [-0.4, -0.2) is 59.0 Å². The number of methoxy groups -OCH3 is 1. The van der Waals surface area contributed by atoms with Gasteiger partial charge in [0.05, 0.1) is 19.4 Å². The smallest absolute Gasteiger partial charge is 0.191 e. The molecule has 1 heterocycles. The largest absolute Gasteiger partial charge is 0.495 e. The average molecular weight is 381 g/mol. The molecular formula is C19H29ClN4O2. The van der Waals surface area contributed by atoms with Gasteiger partial charge in [-0.2, -0.15) is 0 Å². The van der Waals surface area contributed by atoms with Crippen molar-refractivity contribution in [1.82, 2.24) is 10.6 Å². The van der Waals surface area contributed by atoms with Crippen LogP contribution in [0.5, 0.6) is 5.75 Å². The number of halogens is 1. The third-order valence-electron chi connectivity index (χ3n) is 4.82. The van der Waals surface area contributed by atoms with Crippen LogP contribution in [0.15, 0.2) is 23.2 Å². The van der Waals surface area contributed by atoms with Gasteiger partial charge < -0.3 is 25.0 Å². The molecule has 1 atom stereocenters. The second-order valence-corrected chi connectivity index (χ2v) is 7.35. The highest BCUT2D eigenvalue weighted by atomic mass is 35.5. The Morgan fingerprint density at radius 1 is 1.35 bits per heavy atom. The van der Waals surface area contributed by atoms with Gasteiger partial charge in [-0.3, -0.25) is 4.99 Å². The number of guanidine groups is 1. The Kier molecular flexibility index (Phi) is 6.86. The summed E-state index contributed by atoms with van der Waals surface area (Å²) in [6.07, 6.45) is 3.69. The fourth-order valence-electron chi connectivity index (χ4n) is 3.17. The summed E-state index contributed by atoms with van der Waals surface area (Å²) in [5.41, 5.74) is 1.04. The number of anilines is 1. The Morgan fingerprint density at radius 2 is 2.19 bits per heavy atom. The monoisotopic (exact) mass is 380 g/mol. The Morgan fingerprint density at radius 3 is 2.92 bits per heavy atom. The normalized spacial score (nSPS) is 20.3. The van der Waals surface area contributed by atoms with Crippen molar-refractivity contribution in [3.63, 3.8) is 0 Å². The third-order valence-corrected chi connectivity index (χ3v) is 5.06. The summed E-state index contributed by atoms with van der Waals surface area (Å²) in [6, 6.07) is 6.07. The summed E-state index contributed by atoms with van der Waals surface area (Å²) >= 11 is 6.16. The van der Waals surface area contributed by atoms with Crippen molar-refractivity contribution in [3.05, 3.63) is 23.2 Å². The van der Waals surface area contributed by atoms with Crippen LogP contribution >= 0.6 is 11.6 Å². The maximum absolute atomic E-state index is 6.16. The molecule has 26 heavy (non-hydrogen) atoms. The van der Waals surface area contributed by atoms with Crippen molar-refractivity contribution in [2.75, 3.05) is 51.9 Å². The second-order valence-electron chi connectivity index (χ2n) is 6.91. The van der Waals surface area contributed by atoms with E-state index in [0.717, 1.165) is 61.0 Å². The van der Waals surface area contributed by atoms with Gasteiger partial charge in [0.25, 0.3) is 0 Å². The Labute approximate surface area is 160 Å². The maximum atomic E-state index is 6.16. The minimum absolute atomic E-state index is 0.331. The Hall–Kier alpha value is -1.66. The van der Waals surface area contributed by atoms with Gasteiger partial charge in [-0.05, 0) is 43.4 Å². The van der Waals surface area contributed by atoms with E-state index >= 15 is 0 Å². The lowest BCUT2D eigenvalue weighted by Gasteiger charge is -2.22. The number of hydrogen-bond donors (Lipinski definition) is 2. The lowest BCUT2D eigenvalue weighted by atomic mass is 10.2. The number of hydrogen-bond acceptors (Lipinski definition) is 4. The van der Waals surface area contributed by atoms with E-state index in [1.54, 1.807) is 14.2 Å². The molecule has 0 spiro atoms. The first kappa shape index (κ1) is 19.1. The molecule has 2 N–H and O–H groups in total. The minimum atomic E-state index is 0.331. The molecule has 3 rings (SSSR count). The molecule has 7 heteroatoms. The quantitative estimate of drug-likeness (QED) is 0.412. The number of benzene rings is 1. The molecule has 0 aromatic heterocycles. The molecule has 1 aliphatic carbocycles. The fraction of sp³-hybridized carbons (Fsp3) is 0.632. The summed E-state index contributed by atoms with van der Waals surface area (Å²) in [4.78, 5) is 6.62. The molecule has 144 valence electrons. The van der Waals surface area contributed by atoms with E-state index in [4.69, 9.17) is 21.1 Å². The molecule has 0 bridgehead atoms. The first-order valence-electron chi connectivity index (χ1n) is 9.33. The van der Waals surface area contributed by atoms with Gasteiger partial charge in [0.2, 0.25) is 0 Å². The van der Waals surface area contributed by atoms with Crippen molar-refractivity contribution in [2.45, 2.75) is 25.3 Å². The van der Waals surface area contributed by atoms with Crippen LogP contribution in [0.1, 0.15) is 19.3 Å². The molecule has 1 aliphatic heterocycles. The molecule has 6 nitrogen and oxygen atoms in total. The predicted molar refractivity (Wildman–Crippen MR) is 107 cm³/mol. The van der Waals surface area contributed by atoms with Crippen molar-refractivity contribution in [3.8, 4) is 5.75 Å². The van der Waals surface area contributed by atoms with Crippen LogP contribution in [0.4, 0.5) is 5.69 Å². The summed E-state index contributed by atoms with van der Waals surface area (Å²) in [6.45, 7) is 4.22. The summed E-state index contributed by atoms with van der Waals surface area (Å²) in [5.74, 6) is 2.48. The molecule has 1 aromatic rings. The second kappa shape index (κ2) is 9.33. The molecule has 1 aromatic carbocycles. The van der Waals surface area contributed by atoms with Crippen LogP contribution < -0.4 is 20.3 Å². The number of nitrogens with zero attached hydrogens (tertiary/aromatic N) is 2. The van der Waals surface area contributed by atoms with E-state index in [-0.39, 0.29) is 0 Å². The standard InChI is InChI=1S/C19H29ClN4O2/c1-21-19(22-8-10-26-13-14-3-4-14)23-16-7-9-24(12-16)17-11-15(20)5-6-18(17)25-2/h5-6,11,14,16H,3-4,7-10,12-13H2,1-2H3,(H2,21,22,23). The maximum Gasteiger partial charge on any atom is 0.191 e. The fourth-order valence-corrected chi connectivity index (χ4v) is 3.34. The topological polar surface area (TPSA) is 58.1 Å². The number of nitrogens with one attached hydrogen (secondary N) is 2. The molecule has 2 fully saturated rings. The first-order valence-corrected chi connectivity index (χ1v) is 9.71. The number of ether oxygens (including phenoxy) is 2. The van der Waals surface area contributed by atoms with E-state index in [0.29, 0.717) is 12.6 Å². The van der Waals surface area contributed by atoms with Crippen molar-refractivity contribution < 1.29 is 9.47 Å². The van der Waals surface area contributed by atoms with E-state index < -0.39 is 0 Å². The predicted octanol–water partition coefficient (Wildman–Crippen LogP) is 2.52. The first-order chi connectivity index (χ1) is 12.7. The zero-order chi connectivity index (χ0) is 18.4. The molecular weight excluding hydrogens is 352 g/mol. The van der Waals surface area contributed by atoms with Gasteiger partial charge in [-0.1, -0.05) is 11.6 Å². The van der Waals surface area contributed by atoms with Crippen LogP contribution in [0.3, 0.4) is 0 Å². The Balaban J connectivity index is 1.44. The van der Waals surface area contributed by atoms with E-state index in [2.05, 4.69) is 20.5 Å². The zero-order valence-corrected chi connectivity index (χ0v) is 16.4. The van der Waals surface area contributed by atoms with Crippen molar-refractivity contribution >= 4 is 23.2 Å². The zero-order valence-electron chi connectivity index (χ0n) is 15.6. The molecule has 1 unspecified atom stereocenters. The minimum Gasteiger partial charge on any atom is -0.495 e. The highest BCUT2D eigenvalue weighted by Crippen LogP contribution is 2.33. The Bertz CT molecular complexity index is 622. The van der Waals surface area contributed by atoms with Crippen LogP contribution in [0.25, 0.3) is 0 Å². The van der Waals surface area contributed by atoms with Crippen LogP contribution in [-0.2, 0) is 4.74 Å². The SMILES string of the molecule is CN=C(NCCOCC1CC1)NC1CCN(c2cc(Cl)ccc2OC)C1. The van der Waals surface area contributed by atoms with Gasteiger partial charge in [0.15, 0.2) is 5.96 Å². The molecule has 1 saturated heterocycles. The summed E-state index contributed by atoms with van der Waals surface area (Å²) in [5, 5.41) is 7.55. The van der Waals surface area contributed by atoms with E-state index in [9.17, 15) is 0 Å². The van der Waals surface area contributed by atoms with Gasteiger partial charge in [-0.15, -0.1) is 0 Å². The van der Waals surface area contributed by atoms with Crippen molar-refractivity contribution in [2.24, 2.45) is 10.9 Å². The molecule has 2 aliphatic rings. The van der Waals surface area contributed by atoms with Gasteiger partial charge in [0.1, 0.15) is 5.75 Å². The van der Waals surface area contributed by atoms with E-state index in [1.807, 2.05) is 18.2 Å².